The SMILES string of the molecule is O=C(Cc1cccc(Cl)c1)N1CCCCC1CO. The lowest BCUT2D eigenvalue weighted by molar-refractivity contribution is -0.135. The van der Waals surface area contributed by atoms with Gasteiger partial charge in [0.25, 0.3) is 0 Å². The maximum atomic E-state index is 12.2. The fourth-order valence-electron chi connectivity index (χ4n) is 2.44. The molecule has 0 bridgehead atoms. The molecule has 1 N–H and O–H groups in total. The summed E-state index contributed by atoms with van der Waals surface area (Å²) in [6, 6.07) is 7.36. The lowest BCUT2D eigenvalue weighted by Gasteiger charge is -2.34. The van der Waals surface area contributed by atoms with Crippen LogP contribution in [-0.2, 0) is 11.2 Å². The molecule has 1 aromatic carbocycles. The number of carbonyl (C=O) groups is 1. The van der Waals surface area contributed by atoms with Crippen LogP contribution in [0.4, 0.5) is 0 Å². The molecule has 1 amide bonds. The van der Waals surface area contributed by atoms with E-state index in [0.717, 1.165) is 31.4 Å². The van der Waals surface area contributed by atoms with Gasteiger partial charge in [0.1, 0.15) is 0 Å². The zero-order valence-electron chi connectivity index (χ0n) is 10.3. The largest absolute Gasteiger partial charge is 0.394 e. The summed E-state index contributed by atoms with van der Waals surface area (Å²) in [6.07, 6.45) is 3.37. The molecule has 0 aromatic heterocycles. The molecular weight excluding hydrogens is 250 g/mol. The zero-order chi connectivity index (χ0) is 13.0. The first kappa shape index (κ1) is 13.4. The maximum Gasteiger partial charge on any atom is 0.227 e. The van der Waals surface area contributed by atoms with E-state index >= 15 is 0 Å². The molecule has 3 nitrogen and oxygen atoms in total. The van der Waals surface area contributed by atoms with Crippen LogP contribution in [0, 0.1) is 0 Å². The molecule has 1 saturated heterocycles. The van der Waals surface area contributed by atoms with Crippen molar-refractivity contribution in [2.45, 2.75) is 31.7 Å². The van der Waals surface area contributed by atoms with Gasteiger partial charge in [0.05, 0.1) is 19.1 Å². The quantitative estimate of drug-likeness (QED) is 0.913. The highest BCUT2D eigenvalue weighted by atomic mass is 35.5. The Hall–Kier alpha value is -1.06. The van der Waals surface area contributed by atoms with E-state index in [1.807, 2.05) is 23.1 Å². The third-order valence-corrected chi connectivity index (χ3v) is 3.64. The minimum absolute atomic E-state index is 0.00886. The van der Waals surface area contributed by atoms with Gasteiger partial charge in [-0.3, -0.25) is 4.79 Å². The van der Waals surface area contributed by atoms with Crippen LogP contribution in [0.3, 0.4) is 0 Å². The molecule has 0 radical (unpaired) electrons. The first-order valence-corrected chi connectivity index (χ1v) is 6.73. The summed E-state index contributed by atoms with van der Waals surface area (Å²) in [5.41, 5.74) is 0.926. The van der Waals surface area contributed by atoms with Crippen LogP contribution in [0.1, 0.15) is 24.8 Å². The Labute approximate surface area is 112 Å². The molecule has 98 valence electrons. The van der Waals surface area contributed by atoms with Crippen molar-refractivity contribution in [1.29, 1.82) is 0 Å². The minimum Gasteiger partial charge on any atom is -0.394 e. The minimum atomic E-state index is -0.00886. The van der Waals surface area contributed by atoms with Gasteiger partial charge < -0.3 is 10.0 Å². The first-order chi connectivity index (χ1) is 8.70. The number of amides is 1. The predicted octanol–water partition coefficient (Wildman–Crippen LogP) is 2.26. The van der Waals surface area contributed by atoms with Gasteiger partial charge in [0.15, 0.2) is 0 Å². The highest BCUT2D eigenvalue weighted by molar-refractivity contribution is 6.30. The molecule has 18 heavy (non-hydrogen) atoms. The Morgan fingerprint density at radius 1 is 1.44 bits per heavy atom. The Balaban J connectivity index is 2.02. The van der Waals surface area contributed by atoms with E-state index in [1.54, 1.807) is 6.07 Å². The summed E-state index contributed by atoms with van der Waals surface area (Å²) in [7, 11) is 0. The second-order valence-corrected chi connectivity index (χ2v) is 5.16. The van der Waals surface area contributed by atoms with E-state index in [0.29, 0.717) is 11.4 Å². The molecule has 2 rings (SSSR count). The van der Waals surface area contributed by atoms with Gasteiger partial charge in [0, 0.05) is 11.6 Å². The van der Waals surface area contributed by atoms with Crippen molar-refractivity contribution in [1.82, 2.24) is 4.90 Å². The van der Waals surface area contributed by atoms with Crippen molar-refractivity contribution < 1.29 is 9.90 Å². The Bertz CT molecular complexity index is 422. The third-order valence-electron chi connectivity index (χ3n) is 3.40. The van der Waals surface area contributed by atoms with Crippen molar-refractivity contribution >= 4 is 17.5 Å². The average Bonchev–Trinajstić information content (AvgIpc) is 2.38. The summed E-state index contributed by atoms with van der Waals surface area (Å²) in [5.74, 6) is 0.0796. The number of aliphatic hydroxyl groups is 1. The van der Waals surface area contributed by atoms with Gasteiger partial charge in [0.2, 0.25) is 5.91 Å². The molecule has 1 unspecified atom stereocenters. The average molecular weight is 268 g/mol. The normalized spacial score (nSPS) is 19.9. The zero-order valence-corrected chi connectivity index (χ0v) is 11.1. The molecule has 0 aliphatic carbocycles. The molecule has 1 aliphatic rings. The van der Waals surface area contributed by atoms with Gasteiger partial charge in [-0.25, -0.2) is 0 Å². The Kier molecular flexibility index (Phi) is 4.61. The maximum absolute atomic E-state index is 12.2. The smallest absolute Gasteiger partial charge is 0.227 e. The lowest BCUT2D eigenvalue weighted by Crippen LogP contribution is -2.46. The predicted molar refractivity (Wildman–Crippen MR) is 71.6 cm³/mol. The van der Waals surface area contributed by atoms with E-state index in [2.05, 4.69) is 0 Å². The summed E-state index contributed by atoms with van der Waals surface area (Å²) >= 11 is 5.91. The van der Waals surface area contributed by atoms with Crippen molar-refractivity contribution in [3.05, 3.63) is 34.9 Å². The van der Waals surface area contributed by atoms with Crippen LogP contribution in [0.25, 0.3) is 0 Å². The number of benzene rings is 1. The van der Waals surface area contributed by atoms with Crippen LogP contribution in [0.15, 0.2) is 24.3 Å². The summed E-state index contributed by atoms with van der Waals surface area (Å²) in [4.78, 5) is 14.0. The fraction of sp³-hybridized carbons (Fsp3) is 0.500. The first-order valence-electron chi connectivity index (χ1n) is 6.35. The number of piperidine rings is 1. The topological polar surface area (TPSA) is 40.5 Å². The number of hydrogen-bond donors (Lipinski definition) is 1. The van der Waals surface area contributed by atoms with Crippen molar-refractivity contribution in [3.8, 4) is 0 Å². The molecule has 1 fully saturated rings. The summed E-state index contributed by atoms with van der Waals surface area (Å²) in [5, 5.41) is 9.96. The monoisotopic (exact) mass is 267 g/mol. The number of aliphatic hydroxyl groups excluding tert-OH is 1. The van der Waals surface area contributed by atoms with Gasteiger partial charge in [-0.1, -0.05) is 23.7 Å². The van der Waals surface area contributed by atoms with Crippen LogP contribution in [0.5, 0.6) is 0 Å². The standard InChI is InChI=1S/C14H18ClNO2/c15-12-5-3-4-11(8-12)9-14(18)16-7-2-1-6-13(16)10-17/h3-5,8,13,17H,1-2,6-7,9-10H2. The van der Waals surface area contributed by atoms with Crippen molar-refractivity contribution in [2.24, 2.45) is 0 Å². The van der Waals surface area contributed by atoms with Gasteiger partial charge in [-0.15, -0.1) is 0 Å². The van der Waals surface area contributed by atoms with E-state index in [1.165, 1.54) is 0 Å². The van der Waals surface area contributed by atoms with Crippen LogP contribution in [-0.4, -0.2) is 35.1 Å². The third kappa shape index (κ3) is 3.24. The molecule has 0 saturated carbocycles. The lowest BCUT2D eigenvalue weighted by atomic mass is 10.0. The summed E-state index contributed by atoms with van der Waals surface area (Å²) in [6.45, 7) is 0.811. The highest BCUT2D eigenvalue weighted by Gasteiger charge is 2.25. The molecule has 1 heterocycles. The van der Waals surface area contributed by atoms with Crippen LogP contribution in [0.2, 0.25) is 5.02 Å². The molecule has 0 spiro atoms. The van der Waals surface area contributed by atoms with E-state index in [-0.39, 0.29) is 18.6 Å². The summed E-state index contributed by atoms with van der Waals surface area (Å²) < 4.78 is 0. The molecular formula is C14H18ClNO2. The van der Waals surface area contributed by atoms with Gasteiger partial charge in [-0.05, 0) is 37.0 Å². The number of hydrogen-bond acceptors (Lipinski definition) is 2. The van der Waals surface area contributed by atoms with Crippen LogP contribution >= 0.6 is 11.6 Å². The van der Waals surface area contributed by atoms with Crippen molar-refractivity contribution in [3.63, 3.8) is 0 Å². The number of nitrogens with zero attached hydrogens (tertiary/aromatic N) is 1. The second-order valence-electron chi connectivity index (χ2n) is 4.73. The van der Waals surface area contributed by atoms with Crippen LogP contribution < -0.4 is 0 Å². The fourth-order valence-corrected chi connectivity index (χ4v) is 2.65. The molecule has 1 aromatic rings. The Morgan fingerprint density at radius 3 is 3.00 bits per heavy atom. The highest BCUT2D eigenvalue weighted by Crippen LogP contribution is 2.19. The van der Waals surface area contributed by atoms with Crippen molar-refractivity contribution in [2.75, 3.05) is 13.2 Å². The number of halogens is 1. The van der Waals surface area contributed by atoms with Gasteiger partial charge >= 0.3 is 0 Å². The molecule has 1 aliphatic heterocycles. The Morgan fingerprint density at radius 2 is 2.28 bits per heavy atom. The van der Waals surface area contributed by atoms with E-state index in [9.17, 15) is 9.90 Å². The molecule has 1 atom stereocenters. The second kappa shape index (κ2) is 6.21. The number of carbonyl (C=O) groups excluding carboxylic acids is 1. The molecule has 4 heteroatoms. The van der Waals surface area contributed by atoms with E-state index in [4.69, 9.17) is 11.6 Å². The number of likely N-dealkylation sites (tertiary alicyclic amines) is 1. The number of rotatable bonds is 3. The van der Waals surface area contributed by atoms with Gasteiger partial charge in [-0.2, -0.15) is 0 Å². The van der Waals surface area contributed by atoms with E-state index < -0.39 is 0 Å².